The molecule has 0 unspecified atom stereocenters. The van der Waals surface area contributed by atoms with Gasteiger partial charge in [0.1, 0.15) is 5.69 Å². The molecule has 0 radical (unpaired) electrons. The molecule has 3 aromatic rings. The summed E-state index contributed by atoms with van der Waals surface area (Å²) in [5.74, 6) is -0.940. The largest absolute Gasteiger partial charge is 0.355 e. The maximum Gasteiger partial charge on any atom is 0.282 e. The summed E-state index contributed by atoms with van der Waals surface area (Å²) in [4.78, 5) is 29.0. The number of alkyl halides is 2. The van der Waals surface area contributed by atoms with E-state index < -0.39 is 23.9 Å². The van der Waals surface area contributed by atoms with Crippen molar-refractivity contribution < 1.29 is 18.4 Å². The standard InChI is InChI=1S/C20H20F2N6O2/c1-11-6-4-5-7-14(11)25-18-15(8-12(9-24-18)19(29)23-2)26-20(30)13-10-28(3)27-16(13)17(21)22/h4-10,17H,1-3H3,(H,23,29)(H,24,25)(H,26,30). The molecule has 0 saturated carbocycles. The molecule has 3 rings (SSSR count). The number of anilines is 3. The molecular formula is C20H20F2N6O2. The normalized spacial score (nSPS) is 10.7. The van der Waals surface area contributed by atoms with Gasteiger partial charge in [-0.05, 0) is 24.6 Å². The topological polar surface area (TPSA) is 101 Å². The van der Waals surface area contributed by atoms with Crippen LogP contribution in [0.1, 0.15) is 38.4 Å². The fourth-order valence-corrected chi connectivity index (χ4v) is 2.80. The van der Waals surface area contributed by atoms with Crippen LogP contribution in [0.2, 0.25) is 0 Å². The number of hydrogen-bond donors (Lipinski definition) is 3. The van der Waals surface area contributed by atoms with Crippen LogP contribution in [0.3, 0.4) is 0 Å². The Morgan fingerprint density at radius 2 is 1.87 bits per heavy atom. The molecule has 0 aliphatic carbocycles. The van der Waals surface area contributed by atoms with E-state index in [4.69, 9.17) is 0 Å². The second-order valence-electron chi connectivity index (χ2n) is 6.50. The third-order valence-corrected chi connectivity index (χ3v) is 4.33. The molecule has 30 heavy (non-hydrogen) atoms. The number of aromatic nitrogens is 3. The van der Waals surface area contributed by atoms with Gasteiger partial charge in [0.2, 0.25) is 0 Å². The van der Waals surface area contributed by atoms with Crippen molar-refractivity contribution in [3.05, 3.63) is 65.1 Å². The van der Waals surface area contributed by atoms with E-state index in [1.165, 1.54) is 32.6 Å². The van der Waals surface area contributed by atoms with Crippen LogP contribution in [0.25, 0.3) is 0 Å². The van der Waals surface area contributed by atoms with E-state index >= 15 is 0 Å². The van der Waals surface area contributed by atoms with Crippen LogP contribution in [0.4, 0.5) is 26.0 Å². The molecule has 0 aliphatic heterocycles. The van der Waals surface area contributed by atoms with Gasteiger partial charge in [0.05, 0.1) is 16.8 Å². The molecule has 0 bridgehead atoms. The molecule has 156 valence electrons. The van der Waals surface area contributed by atoms with E-state index in [1.807, 2.05) is 31.2 Å². The maximum absolute atomic E-state index is 13.2. The van der Waals surface area contributed by atoms with Gasteiger partial charge in [0, 0.05) is 32.2 Å². The van der Waals surface area contributed by atoms with Gasteiger partial charge in [-0.25, -0.2) is 13.8 Å². The summed E-state index contributed by atoms with van der Waals surface area (Å²) in [5.41, 5.74) is 1.14. The molecule has 0 aliphatic rings. The number of benzene rings is 1. The van der Waals surface area contributed by atoms with Gasteiger partial charge in [-0.2, -0.15) is 5.10 Å². The number of aryl methyl sites for hydroxylation is 2. The number of nitrogens with zero attached hydrogens (tertiary/aromatic N) is 3. The summed E-state index contributed by atoms with van der Waals surface area (Å²) in [7, 11) is 2.91. The van der Waals surface area contributed by atoms with Gasteiger partial charge >= 0.3 is 0 Å². The number of hydrogen-bond acceptors (Lipinski definition) is 5. The lowest BCUT2D eigenvalue weighted by molar-refractivity contribution is 0.0961. The molecule has 2 amide bonds. The van der Waals surface area contributed by atoms with Crippen LogP contribution in [-0.2, 0) is 7.05 Å². The second-order valence-corrected chi connectivity index (χ2v) is 6.50. The third-order valence-electron chi connectivity index (χ3n) is 4.33. The molecular weight excluding hydrogens is 394 g/mol. The van der Waals surface area contributed by atoms with Crippen molar-refractivity contribution in [2.45, 2.75) is 13.3 Å². The lowest BCUT2D eigenvalue weighted by Crippen LogP contribution is -2.20. The van der Waals surface area contributed by atoms with E-state index in [0.29, 0.717) is 0 Å². The van der Waals surface area contributed by atoms with Crippen LogP contribution in [0, 0.1) is 6.92 Å². The Morgan fingerprint density at radius 1 is 1.13 bits per heavy atom. The van der Waals surface area contributed by atoms with Gasteiger partial charge in [-0.1, -0.05) is 18.2 Å². The molecule has 10 heteroatoms. The molecule has 1 aromatic carbocycles. The number of pyridine rings is 1. The van der Waals surface area contributed by atoms with Crippen molar-refractivity contribution in [2.24, 2.45) is 7.05 Å². The Bertz CT molecular complexity index is 1100. The van der Waals surface area contributed by atoms with E-state index in [1.54, 1.807) is 0 Å². The van der Waals surface area contributed by atoms with Crippen molar-refractivity contribution >= 4 is 29.0 Å². The quantitative estimate of drug-likeness (QED) is 0.574. The monoisotopic (exact) mass is 414 g/mol. The summed E-state index contributed by atoms with van der Waals surface area (Å²) in [6.45, 7) is 1.89. The second kappa shape index (κ2) is 8.68. The van der Waals surface area contributed by atoms with Crippen molar-refractivity contribution in [1.82, 2.24) is 20.1 Å². The smallest absolute Gasteiger partial charge is 0.282 e. The summed E-state index contributed by atoms with van der Waals surface area (Å²) in [6.07, 6.45) is -0.350. The van der Waals surface area contributed by atoms with Crippen LogP contribution in [-0.4, -0.2) is 33.6 Å². The minimum Gasteiger partial charge on any atom is -0.355 e. The maximum atomic E-state index is 13.2. The molecule has 3 N–H and O–H groups in total. The zero-order valence-electron chi connectivity index (χ0n) is 16.5. The first-order chi connectivity index (χ1) is 14.3. The first-order valence-corrected chi connectivity index (χ1v) is 8.98. The number of carbonyl (C=O) groups excluding carboxylic acids is 2. The number of nitrogens with one attached hydrogen (secondary N) is 3. The number of para-hydroxylation sites is 1. The van der Waals surface area contributed by atoms with Crippen molar-refractivity contribution in [3.63, 3.8) is 0 Å². The lowest BCUT2D eigenvalue weighted by Gasteiger charge is -2.15. The van der Waals surface area contributed by atoms with Crippen LogP contribution >= 0.6 is 0 Å². The number of amides is 2. The summed E-state index contributed by atoms with van der Waals surface area (Å²) in [5, 5.41) is 11.8. The Hall–Kier alpha value is -3.82. The van der Waals surface area contributed by atoms with Gasteiger partial charge in [0.25, 0.3) is 18.2 Å². The fraction of sp³-hybridized carbons (Fsp3) is 0.200. The molecule has 2 heterocycles. The zero-order valence-corrected chi connectivity index (χ0v) is 16.5. The van der Waals surface area contributed by atoms with Crippen LogP contribution in [0.15, 0.2) is 42.7 Å². The third kappa shape index (κ3) is 4.43. The Kier molecular flexibility index (Phi) is 6.05. The molecule has 2 aromatic heterocycles. The highest BCUT2D eigenvalue weighted by Gasteiger charge is 2.24. The van der Waals surface area contributed by atoms with E-state index in [9.17, 15) is 18.4 Å². The number of rotatable bonds is 6. The van der Waals surface area contributed by atoms with E-state index in [-0.39, 0.29) is 22.6 Å². The molecule has 0 fully saturated rings. The predicted molar refractivity (Wildman–Crippen MR) is 108 cm³/mol. The average molecular weight is 414 g/mol. The van der Waals surface area contributed by atoms with Gasteiger partial charge in [-0.15, -0.1) is 0 Å². The van der Waals surface area contributed by atoms with Gasteiger partial charge < -0.3 is 16.0 Å². The minimum atomic E-state index is -2.91. The Balaban J connectivity index is 1.99. The Labute approximate surface area is 171 Å². The average Bonchev–Trinajstić information content (AvgIpc) is 3.12. The SMILES string of the molecule is CNC(=O)c1cnc(Nc2ccccc2C)c(NC(=O)c2cn(C)nc2C(F)F)c1. The fourth-order valence-electron chi connectivity index (χ4n) is 2.80. The first-order valence-electron chi connectivity index (χ1n) is 8.98. The van der Waals surface area contributed by atoms with E-state index in [0.717, 1.165) is 15.9 Å². The predicted octanol–water partition coefficient (Wildman–Crippen LogP) is 3.42. The lowest BCUT2D eigenvalue weighted by atomic mass is 10.2. The molecule has 0 spiro atoms. The molecule has 0 saturated heterocycles. The zero-order chi connectivity index (χ0) is 21.8. The van der Waals surface area contributed by atoms with E-state index in [2.05, 4.69) is 26.0 Å². The summed E-state index contributed by atoms with van der Waals surface area (Å²) >= 11 is 0. The minimum absolute atomic E-state index is 0.161. The number of carbonyl (C=O) groups is 2. The van der Waals surface area contributed by atoms with Crippen molar-refractivity contribution in [3.8, 4) is 0 Å². The number of halogens is 2. The van der Waals surface area contributed by atoms with Gasteiger partial charge in [-0.3, -0.25) is 14.3 Å². The van der Waals surface area contributed by atoms with Gasteiger partial charge in [0.15, 0.2) is 5.82 Å². The van der Waals surface area contributed by atoms with Crippen LogP contribution < -0.4 is 16.0 Å². The molecule has 8 nitrogen and oxygen atoms in total. The Morgan fingerprint density at radius 3 is 2.53 bits per heavy atom. The summed E-state index contributed by atoms with van der Waals surface area (Å²) in [6, 6.07) is 8.84. The highest BCUT2D eigenvalue weighted by atomic mass is 19.3. The highest BCUT2D eigenvalue weighted by Crippen LogP contribution is 2.28. The first kappa shape index (κ1) is 20.9. The van der Waals surface area contributed by atoms with Crippen molar-refractivity contribution in [1.29, 1.82) is 0 Å². The van der Waals surface area contributed by atoms with Crippen molar-refractivity contribution in [2.75, 3.05) is 17.7 Å². The molecule has 0 atom stereocenters. The summed E-state index contributed by atoms with van der Waals surface area (Å²) < 4.78 is 27.6. The van der Waals surface area contributed by atoms with Crippen LogP contribution in [0.5, 0.6) is 0 Å². The highest BCUT2D eigenvalue weighted by molar-refractivity contribution is 6.07.